The maximum atomic E-state index is 13.7. The summed E-state index contributed by atoms with van der Waals surface area (Å²) in [5, 5.41) is 2.79. The van der Waals surface area contributed by atoms with E-state index in [2.05, 4.69) is 16.2 Å². The molecule has 0 unspecified atom stereocenters. The first-order valence-corrected chi connectivity index (χ1v) is 8.93. The van der Waals surface area contributed by atoms with Gasteiger partial charge in [-0.15, -0.1) is 0 Å². The van der Waals surface area contributed by atoms with Crippen LogP contribution in [-0.2, 0) is 0 Å². The number of aromatic nitrogens is 1. The number of rotatable bonds is 4. The first kappa shape index (κ1) is 17.2. The van der Waals surface area contributed by atoms with E-state index in [1.54, 1.807) is 45.2 Å². The topological polar surface area (TPSA) is 42.0 Å². The Morgan fingerprint density at radius 1 is 1.39 bits per heavy atom. The minimum atomic E-state index is -0.739. The van der Waals surface area contributed by atoms with E-state index in [0.717, 1.165) is 4.35 Å². The van der Waals surface area contributed by atoms with Gasteiger partial charge in [-0.05, 0) is 0 Å². The molecule has 0 fully saturated rings. The van der Waals surface area contributed by atoms with Crippen LogP contribution in [0, 0.1) is 25.1 Å². The maximum absolute atomic E-state index is 13.7. The Balaban J connectivity index is 2.29. The van der Waals surface area contributed by atoms with Crippen LogP contribution in [0.1, 0.15) is 29.8 Å². The molecule has 0 saturated carbocycles. The number of carbonyl (C=O) groups is 1. The molecule has 5 heteroatoms. The summed E-state index contributed by atoms with van der Waals surface area (Å²) in [5.41, 5.74) is 0.345. The van der Waals surface area contributed by atoms with Gasteiger partial charge in [-0.25, -0.2) is 0 Å². The second-order valence-corrected chi connectivity index (χ2v) is 8.08. The van der Waals surface area contributed by atoms with Gasteiger partial charge in [0.25, 0.3) is 0 Å². The zero-order chi connectivity index (χ0) is 17.0. The summed E-state index contributed by atoms with van der Waals surface area (Å²) in [4.78, 5) is 16.8. The second-order valence-electron chi connectivity index (χ2n) is 5.64. The van der Waals surface area contributed by atoms with Gasteiger partial charge in [-0.2, -0.15) is 0 Å². The molecule has 0 spiro atoms. The molecule has 1 heterocycles. The van der Waals surface area contributed by atoms with Crippen LogP contribution in [0.5, 0.6) is 0 Å². The molecule has 1 aromatic heterocycles. The quantitative estimate of drug-likeness (QED) is 0.651. The molecule has 2 aromatic rings. The van der Waals surface area contributed by atoms with Crippen molar-refractivity contribution in [3.63, 3.8) is 0 Å². The van der Waals surface area contributed by atoms with Gasteiger partial charge < -0.3 is 0 Å². The Kier molecular flexibility index (Phi) is 5.23. The van der Waals surface area contributed by atoms with Crippen LogP contribution >= 0.6 is 0 Å². The summed E-state index contributed by atoms with van der Waals surface area (Å²) in [7, 11) is 0. The van der Waals surface area contributed by atoms with Gasteiger partial charge in [0.2, 0.25) is 0 Å². The fraction of sp³-hybridized carbons (Fsp3) is 0.222. The predicted molar refractivity (Wildman–Crippen MR) is 90.8 cm³/mol. The van der Waals surface area contributed by atoms with E-state index in [9.17, 15) is 9.18 Å². The molecule has 0 aliphatic rings. The van der Waals surface area contributed by atoms with E-state index in [0.29, 0.717) is 15.6 Å². The van der Waals surface area contributed by atoms with Crippen molar-refractivity contribution in [2.75, 3.05) is 0 Å². The first-order chi connectivity index (χ1) is 10.8. The number of amides is 1. The summed E-state index contributed by atoms with van der Waals surface area (Å²) < 4.78 is 15.2. The van der Waals surface area contributed by atoms with Crippen LogP contribution in [0.4, 0.5) is 4.39 Å². The second kappa shape index (κ2) is 6.98. The average Bonchev–Trinajstić information content (AvgIpc) is 2.51. The van der Waals surface area contributed by atoms with E-state index >= 15 is 0 Å². The normalized spacial score (nSPS) is 11.4. The summed E-state index contributed by atoms with van der Waals surface area (Å²) >= 11 is -0.599. The molecular weight excluding hydrogens is 354 g/mol. The molecule has 0 saturated heterocycles. The molecule has 1 radical (unpaired) electrons. The van der Waals surface area contributed by atoms with Gasteiger partial charge in [0.1, 0.15) is 0 Å². The van der Waals surface area contributed by atoms with E-state index in [-0.39, 0.29) is 11.7 Å². The molecule has 1 amide bonds. The number of carbonyl (C=O) groups excluding carboxylic acids is 1. The van der Waals surface area contributed by atoms with Crippen molar-refractivity contribution in [3.05, 3.63) is 53.5 Å². The average molecular weight is 371 g/mol. The van der Waals surface area contributed by atoms with E-state index in [1.165, 1.54) is 6.07 Å². The van der Waals surface area contributed by atoms with Crippen LogP contribution in [0.15, 0.2) is 36.5 Å². The number of nitrogens with zero attached hydrogens (tertiary/aromatic N) is 1. The van der Waals surface area contributed by atoms with Crippen molar-refractivity contribution < 1.29 is 9.18 Å². The molecule has 2 rings (SSSR count). The van der Waals surface area contributed by atoms with Crippen LogP contribution < -0.4 is 14.1 Å². The van der Waals surface area contributed by atoms with Gasteiger partial charge in [0, 0.05) is 0 Å². The van der Waals surface area contributed by atoms with Crippen LogP contribution in [-0.4, -0.2) is 32.2 Å². The number of pyridine rings is 1. The number of hydrogen-bond donors (Lipinski definition) is 1. The molecule has 0 bridgehead atoms. The molecule has 117 valence electrons. The molecule has 23 heavy (non-hydrogen) atoms. The number of aryl methyl sites for hydroxylation is 1. The summed E-state index contributed by atoms with van der Waals surface area (Å²) in [5.74, 6) is 2.02. The third kappa shape index (κ3) is 4.43. The third-order valence-electron chi connectivity index (χ3n) is 3.21. The number of hydrogen-bond acceptors (Lipinski definition) is 2. The number of nitrogens with one attached hydrogen (secondary N) is 1. The molecule has 0 aliphatic carbocycles. The SMILES string of the molecule is C#CC(C)(C)NC(=O)c1cccnc1[As]c1ccc(C)c(F)c1. The van der Waals surface area contributed by atoms with Gasteiger partial charge in [-0.1, -0.05) is 0 Å². The predicted octanol–water partition coefficient (Wildman–Crippen LogP) is 1.33. The van der Waals surface area contributed by atoms with Gasteiger partial charge in [-0.3, -0.25) is 0 Å². The fourth-order valence-electron chi connectivity index (χ4n) is 1.82. The minimum absolute atomic E-state index is 0.242. The number of terminal acetylenes is 1. The first-order valence-electron chi connectivity index (χ1n) is 7.05. The molecule has 0 aliphatic heterocycles. The van der Waals surface area contributed by atoms with Crippen molar-refractivity contribution in [2.45, 2.75) is 26.3 Å². The Morgan fingerprint density at radius 3 is 2.78 bits per heavy atom. The van der Waals surface area contributed by atoms with Crippen molar-refractivity contribution in [3.8, 4) is 12.3 Å². The van der Waals surface area contributed by atoms with Crippen molar-refractivity contribution in [2.24, 2.45) is 0 Å². The molecule has 1 N–H and O–H groups in total. The standard InChI is InChI=1S/C18H17AsFN2O/c1-5-18(3,4)22-17(23)14-7-6-10-21-16(14)19-13-9-8-12(2)15(20)11-13/h1,6-11H,2-4H3,(H,22,23). The summed E-state index contributed by atoms with van der Waals surface area (Å²) in [6.07, 6.45) is 7.05. The molecule has 3 nitrogen and oxygen atoms in total. The Hall–Kier alpha value is -2.11. The van der Waals surface area contributed by atoms with Crippen molar-refractivity contribution >= 4 is 30.5 Å². The Labute approximate surface area is 142 Å². The number of benzene rings is 1. The summed E-state index contributed by atoms with van der Waals surface area (Å²) in [6.45, 7) is 5.23. The van der Waals surface area contributed by atoms with Gasteiger partial charge >= 0.3 is 142 Å². The molecule has 0 atom stereocenters. The van der Waals surface area contributed by atoms with E-state index in [1.807, 2.05) is 6.07 Å². The van der Waals surface area contributed by atoms with Crippen LogP contribution in [0.3, 0.4) is 0 Å². The van der Waals surface area contributed by atoms with Gasteiger partial charge in [0.05, 0.1) is 0 Å². The van der Waals surface area contributed by atoms with E-state index < -0.39 is 21.3 Å². The third-order valence-corrected chi connectivity index (χ3v) is 5.53. The zero-order valence-corrected chi connectivity index (χ0v) is 15.1. The summed E-state index contributed by atoms with van der Waals surface area (Å²) in [6, 6.07) is 8.55. The van der Waals surface area contributed by atoms with Gasteiger partial charge in [0.15, 0.2) is 0 Å². The van der Waals surface area contributed by atoms with Crippen LogP contribution in [0.2, 0.25) is 0 Å². The molecule has 1 aromatic carbocycles. The van der Waals surface area contributed by atoms with Crippen molar-refractivity contribution in [1.82, 2.24) is 10.3 Å². The zero-order valence-electron chi connectivity index (χ0n) is 13.2. The fourth-order valence-corrected chi connectivity index (χ4v) is 3.91. The van der Waals surface area contributed by atoms with Crippen molar-refractivity contribution in [1.29, 1.82) is 0 Å². The van der Waals surface area contributed by atoms with Crippen LogP contribution in [0.25, 0.3) is 0 Å². The van der Waals surface area contributed by atoms with E-state index in [4.69, 9.17) is 6.42 Å². The monoisotopic (exact) mass is 371 g/mol. The molecular formula is C18H17AsFN2O. The Bertz CT molecular complexity index is 781. The Morgan fingerprint density at radius 2 is 2.13 bits per heavy atom. The number of halogens is 1.